The molecule has 0 atom stereocenters. The Labute approximate surface area is 118 Å². The minimum absolute atomic E-state index is 0.0223. The van der Waals surface area contributed by atoms with Crippen molar-refractivity contribution >= 4 is 21.9 Å². The van der Waals surface area contributed by atoms with Gasteiger partial charge >= 0.3 is 18.2 Å². The topological polar surface area (TPSA) is 55.8 Å². The first-order chi connectivity index (χ1) is 9.12. The quantitative estimate of drug-likeness (QED) is 0.841. The number of fused-ring (bicyclic) bond motifs is 1. The van der Waals surface area contributed by atoms with Crippen molar-refractivity contribution in [1.29, 1.82) is 0 Å². The molecule has 0 aromatic heterocycles. The Morgan fingerprint density at radius 1 is 1.15 bits per heavy atom. The Balaban J connectivity index is 2.35. The molecule has 110 valence electrons. The Morgan fingerprint density at radius 2 is 1.65 bits per heavy atom. The van der Waals surface area contributed by atoms with Gasteiger partial charge in [-0.05, 0) is 24.1 Å². The maximum absolute atomic E-state index is 13.0. The van der Waals surface area contributed by atoms with Gasteiger partial charge in [0.25, 0.3) is 0 Å². The van der Waals surface area contributed by atoms with E-state index in [0.717, 1.165) is 12.1 Å². The second-order valence-electron chi connectivity index (χ2n) is 4.02. The summed E-state index contributed by atoms with van der Waals surface area (Å²) in [6.45, 7) is 0. The number of alkyl halides is 4. The number of rotatable bonds is 3. The molecule has 0 bridgehead atoms. The molecule has 0 spiro atoms. The summed E-state index contributed by atoms with van der Waals surface area (Å²) in [6.07, 6.45) is -9.79. The molecule has 0 radical (unpaired) electrons. The van der Waals surface area contributed by atoms with Crippen LogP contribution in [0.1, 0.15) is 12.0 Å². The first-order valence-electron chi connectivity index (χ1n) is 5.30. The van der Waals surface area contributed by atoms with E-state index in [1.54, 1.807) is 0 Å². The summed E-state index contributed by atoms with van der Waals surface area (Å²) in [7, 11) is 0. The molecule has 1 N–H and O–H groups in total. The number of hydrogen-bond acceptors (Lipinski definition) is 3. The van der Waals surface area contributed by atoms with Crippen molar-refractivity contribution in [3.05, 3.63) is 22.2 Å². The fraction of sp³-hybridized carbons (Fsp3) is 0.364. The molecule has 0 saturated heterocycles. The largest absolute Gasteiger partial charge is 0.507 e. The van der Waals surface area contributed by atoms with Gasteiger partial charge in [-0.1, -0.05) is 15.9 Å². The van der Waals surface area contributed by atoms with Crippen LogP contribution in [0, 0.1) is 0 Å². The van der Waals surface area contributed by atoms with Crippen LogP contribution in [0.15, 0.2) is 16.6 Å². The summed E-state index contributed by atoms with van der Waals surface area (Å²) in [5.41, 5.74) is 0.329. The molecule has 1 aliphatic rings. The highest BCUT2D eigenvalue weighted by Crippen LogP contribution is 2.48. The van der Waals surface area contributed by atoms with Crippen molar-refractivity contribution in [1.82, 2.24) is 0 Å². The van der Waals surface area contributed by atoms with Crippen LogP contribution >= 0.6 is 15.9 Å². The van der Waals surface area contributed by atoms with Gasteiger partial charge in [0.05, 0.1) is 0 Å². The van der Waals surface area contributed by atoms with E-state index in [1.165, 1.54) is 0 Å². The van der Waals surface area contributed by atoms with E-state index >= 15 is 0 Å². The molecule has 0 saturated carbocycles. The van der Waals surface area contributed by atoms with E-state index in [9.17, 15) is 22.4 Å². The van der Waals surface area contributed by atoms with Crippen LogP contribution in [-0.4, -0.2) is 23.3 Å². The van der Waals surface area contributed by atoms with E-state index in [-0.39, 0.29) is 17.3 Å². The second-order valence-corrected chi connectivity index (χ2v) is 4.88. The average Bonchev–Trinajstić information content (AvgIpc) is 2.28. The van der Waals surface area contributed by atoms with Crippen LogP contribution in [-0.2, 0) is 11.2 Å². The lowest BCUT2D eigenvalue weighted by molar-refractivity contribution is -0.391. The molecule has 1 aromatic rings. The van der Waals surface area contributed by atoms with Crippen LogP contribution < -0.4 is 9.47 Å². The summed E-state index contributed by atoms with van der Waals surface area (Å²) >= 11 is 3.03. The monoisotopic (exact) mass is 358 g/mol. The van der Waals surface area contributed by atoms with Crippen LogP contribution in [0.4, 0.5) is 17.6 Å². The zero-order valence-electron chi connectivity index (χ0n) is 9.63. The number of carboxylic acids is 1. The molecular formula is C11H7BrF4O4. The number of aliphatic carboxylic acids is 1. The van der Waals surface area contributed by atoms with Crippen molar-refractivity contribution in [3.8, 4) is 11.5 Å². The number of hydrogen-bond donors (Lipinski definition) is 1. The molecular weight excluding hydrogens is 352 g/mol. The maximum atomic E-state index is 13.0. The predicted octanol–water partition coefficient (Wildman–Crippen LogP) is 3.42. The number of halogens is 5. The Bertz CT molecular complexity index is 562. The number of aryl methyl sites for hydroxylation is 1. The van der Waals surface area contributed by atoms with Gasteiger partial charge in [0, 0.05) is 10.9 Å². The molecule has 1 aromatic carbocycles. The number of carboxylic acid groups (broad SMARTS) is 1. The maximum Gasteiger partial charge on any atom is 0.507 e. The highest BCUT2D eigenvalue weighted by Gasteiger charge is 2.66. The van der Waals surface area contributed by atoms with Gasteiger partial charge < -0.3 is 14.6 Å². The van der Waals surface area contributed by atoms with Crippen LogP contribution in [0.2, 0.25) is 0 Å². The summed E-state index contributed by atoms with van der Waals surface area (Å²) in [4.78, 5) is 10.5. The molecule has 0 amide bonds. The van der Waals surface area contributed by atoms with Gasteiger partial charge in [0.1, 0.15) is 0 Å². The van der Waals surface area contributed by atoms with Crippen molar-refractivity contribution in [2.75, 3.05) is 0 Å². The van der Waals surface area contributed by atoms with E-state index in [2.05, 4.69) is 25.4 Å². The standard InChI is InChI=1S/C11H7BrF4O4/c12-6-4-8-7(3-5(6)1-2-9(17)18)19-10(13,14)11(15,16)20-8/h3-4H,1-2H2,(H,17,18). The Kier molecular flexibility index (Phi) is 3.57. The molecule has 0 aliphatic carbocycles. The van der Waals surface area contributed by atoms with E-state index < -0.39 is 29.7 Å². The summed E-state index contributed by atoms with van der Waals surface area (Å²) < 4.78 is 60.1. The first-order valence-corrected chi connectivity index (χ1v) is 6.09. The third-order valence-electron chi connectivity index (χ3n) is 2.54. The lowest BCUT2D eigenvalue weighted by atomic mass is 10.1. The zero-order valence-corrected chi connectivity index (χ0v) is 11.2. The average molecular weight is 359 g/mol. The molecule has 20 heavy (non-hydrogen) atoms. The molecule has 0 unspecified atom stereocenters. The smallest absolute Gasteiger partial charge is 0.481 e. The van der Waals surface area contributed by atoms with Crippen molar-refractivity contribution in [2.45, 2.75) is 25.1 Å². The number of ether oxygens (including phenoxy) is 2. The molecule has 1 heterocycles. The fourth-order valence-corrected chi connectivity index (χ4v) is 2.09. The minimum Gasteiger partial charge on any atom is -0.481 e. The van der Waals surface area contributed by atoms with E-state index in [1.807, 2.05) is 0 Å². The highest BCUT2D eigenvalue weighted by molar-refractivity contribution is 9.10. The fourth-order valence-electron chi connectivity index (χ4n) is 1.56. The molecule has 2 rings (SSSR count). The van der Waals surface area contributed by atoms with Gasteiger partial charge in [0.15, 0.2) is 11.5 Å². The lowest BCUT2D eigenvalue weighted by Crippen LogP contribution is -2.52. The van der Waals surface area contributed by atoms with Crippen LogP contribution in [0.3, 0.4) is 0 Å². The summed E-state index contributed by atoms with van der Waals surface area (Å²) in [5, 5.41) is 8.57. The van der Waals surface area contributed by atoms with Gasteiger partial charge in [-0.15, -0.1) is 0 Å². The van der Waals surface area contributed by atoms with Gasteiger partial charge in [0.2, 0.25) is 0 Å². The summed E-state index contributed by atoms with van der Waals surface area (Å²) in [6, 6.07) is 2.08. The second kappa shape index (κ2) is 4.80. The van der Waals surface area contributed by atoms with Crippen molar-refractivity contribution in [2.24, 2.45) is 0 Å². The predicted molar refractivity (Wildman–Crippen MR) is 61.2 cm³/mol. The van der Waals surface area contributed by atoms with Crippen molar-refractivity contribution in [3.63, 3.8) is 0 Å². The molecule has 4 nitrogen and oxygen atoms in total. The number of carbonyl (C=O) groups is 1. The SMILES string of the molecule is O=C(O)CCc1cc2c(cc1Br)OC(F)(F)C(F)(F)O2. The van der Waals surface area contributed by atoms with Crippen LogP contribution in [0.5, 0.6) is 11.5 Å². The Morgan fingerprint density at radius 3 is 2.15 bits per heavy atom. The molecule has 9 heteroatoms. The molecule has 1 aliphatic heterocycles. The minimum atomic E-state index is -4.79. The van der Waals surface area contributed by atoms with Gasteiger partial charge in [-0.3, -0.25) is 4.79 Å². The zero-order chi connectivity index (χ0) is 15.1. The van der Waals surface area contributed by atoms with E-state index in [4.69, 9.17) is 5.11 Å². The highest BCUT2D eigenvalue weighted by atomic mass is 79.9. The lowest BCUT2D eigenvalue weighted by Gasteiger charge is -2.32. The Hall–Kier alpha value is -1.51. The third kappa shape index (κ3) is 2.67. The van der Waals surface area contributed by atoms with Crippen molar-refractivity contribution < 1.29 is 36.9 Å². The van der Waals surface area contributed by atoms with E-state index in [0.29, 0.717) is 5.56 Å². The first kappa shape index (κ1) is 14.9. The van der Waals surface area contributed by atoms with Gasteiger partial charge in [-0.2, -0.15) is 17.6 Å². The molecule has 0 fully saturated rings. The number of benzene rings is 1. The third-order valence-corrected chi connectivity index (χ3v) is 3.27. The normalized spacial score (nSPS) is 18.6. The summed E-state index contributed by atoms with van der Waals surface area (Å²) in [5.74, 6) is -2.19. The van der Waals surface area contributed by atoms with Crippen LogP contribution in [0.25, 0.3) is 0 Å². The van der Waals surface area contributed by atoms with Gasteiger partial charge in [-0.25, -0.2) is 0 Å².